The molecule has 1 atom stereocenters. The normalized spacial score (nSPS) is 13.0. The second-order valence-electron chi connectivity index (χ2n) is 3.37. The van der Waals surface area contributed by atoms with Crippen LogP contribution in [0.15, 0.2) is 34.9 Å². The summed E-state index contributed by atoms with van der Waals surface area (Å²) in [4.78, 5) is 4.31. The molecule has 1 unspecified atom stereocenters. The van der Waals surface area contributed by atoms with Gasteiger partial charge in [0.15, 0.2) is 0 Å². The highest BCUT2D eigenvalue weighted by Crippen LogP contribution is 2.23. The van der Waals surface area contributed by atoms with E-state index in [1.807, 2.05) is 24.3 Å². The molecule has 78 valence electrons. The van der Waals surface area contributed by atoms with Crippen molar-refractivity contribution in [2.75, 3.05) is 6.61 Å². The summed E-state index contributed by atoms with van der Waals surface area (Å²) in [6, 6.07) is 7.46. The van der Waals surface area contributed by atoms with Crippen LogP contribution in [0, 0.1) is 0 Å². The fourth-order valence-electron chi connectivity index (χ4n) is 1.45. The van der Waals surface area contributed by atoms with Gasteiger partial charge < -0.3 is 10.8 Å². The van der Waals surface area contributed by atoms with Crippen LogP contribution in [0.25, 0.3) is 10.9 Å². The van der Waals surface area contributed by atoms with Gasteiger partial charge in [0.25, 0.3) is 0 Å². The minimum Gasteiger partial charge on any atom is -0.394 e. The minimum atomic E-state index is -0.360. The summed E-state index contributed by atoms with van der Waals surface area (Å²) in [5.74, 6) is 0. The van der Waals surface area contributed by atoms with E-state index in [0.717, 1.165) is 20.9 Å². The SMILES string of the molecule is NC(CO)c1cnc2c(Br)cccc2c1. The maximum atomic E-state index is 8.95. The molecule has 1 aromatic carbocycles. The van der Waals surface area contributed by atoms with Crippen LogP contribution in [-0.2, 0) is 0 Å². The number of hydrogen-bond donors (Lipinski definition) is 2. The molecule has 0 saturated carbocycles. The van der Waals surface area contributed by atoms with E-state index in [9.17, 15) is 0 Å². The maximum Gasteiger partial charge on any atom is 0.0844 e. The largest absolute Gasteiger partial charge is 0.394 e. The molecule has 0 radical (unpaired) electrons. The highest BCUT2D eigenvalue weighted by molar-refractivity contribution is 9.10. The topological polar surface area (TPSA) is 59.1 Å². The quantitative estimate of drug-likeness (QED) is 0.874. The average Bonchev–Trinajstić information content (AvgIpc) is 2.28. The summed E-state index contributed by atoms with van der Waals surface area (Å²) < 4.78 is 0.962. The van der Waals surface area contributed by atoms with Crippen molar-refractivity contribution in [3.05, 3.63) is 40.5 Å². The Kier molecular flexibility index (Phi) is 3.00. The van der Waals surface area contributed by atoms with Crippen LogP contribution in [0.3, 0.4) is 0 Å². The highest BCUT2D eigenvalue weighted by Gasteiger charge is 2.06. The minimum absolute atomic E-state index is 0.0683. The van der Waals surface area contributed by atoms with Gasteiger partial charge in [0.05, 0.1) is 18.2 Å². The molecule has 0 spiro atoms. The molecule has 0 amide bonds. The first kappa shape index (κ1) is 10.5. The monoisotopic (exact) mass is 266 g/mol. The third kappa shape index (κ3) is 2.02. The van der Waals surface area contributed by atoms with E-state index in [-0.39, 0.29) is 12.6 Å². The van der Waals surface area contributed by atoms with Crippen LogP contribution in [0.4, 0.5) is 0 Å². The Labute approximate surface area is 96.1 Å². The Morgan fingerprint density at radius 2 is 2.27 bits per heavy atom. The van der Waals surface area contributed by atoms with E-state index in [2.05, 4.69) is 20.9 Å². The van der Waals surface area contributed by atoms with Gasteiger partial charge in [0.1, 0.15) is 0 Å². The molecule has 1 aromatic heterocycles. The van der Waals surface area contributed by atoms with Gasteiger partial charge in [-0.3, -0.25) is 4.98 Å². The van der Waals surface area contributed by atoms with Gasteiger partial charge in [-0.05, 0) is 33.6 Å². The fraction of sp³-hybridized carbons (Fsp3) is 0.182. The van der Waals surface area contributed by atoms with Crippen molar-refractivity contribution in [3.8, 4) is 0 Å². The first-order valence-electron chi connectivity index (χ1n) is 4.63. The van der Waals surface area contributed by atoms with Gasteiger partial charge in [0.2, 0.25) is 0 Å². The smallest absolute Gasteiger partial charge is 0.0844 e. The van der Waals surface area contributed by atoms with Gasteiger partial charge in [0, 0.05) is 16.1 Å². The first-order valence-corrected chi connectivity index (χ1v) is 5.42. The molecule has 0 fully saturated rings. The lowest BCUT2D eigenvalue weighted by molar-refractivity contribution is 0.268. The zero-order chi connectivity index (χ0) is 10.8. The molecule has 0 bridgehead atoms. The number of rotatable bonds is 2. The lowest BCUT2D eigenvalue weighted by Gasteiger charge is -2.09. The summed E-state index contributed by atoms with van der Waals surface area (Å²) in [5, 5.41) is 9.97. The van der Waals surface area contributed by atoms with Crippen LogP contribution in [-0.4, -0.2) is 16.7 Å². The van der Waals surface area contributed by atoms with Crippen molar-refractivity contribution < 1.29 is 5.11 Å². The Morgan fingerprint density at radius 1 is 1.47 bits per heavy atom. The molecule has 0 aliphatic carbocycles. The predicted octanol–water partition coefficient (Wildman–Crippen LogP) is 1.99. The Bertz CT molecular complexity index is 487. The predicted molar refractivity (Wildman–Crippen MR) is 63.5 cm³/mol. The molecule has 3 nitrogen and oxygen atoms in total. The summed E-state index contributed by atoms with van der Waals surface area (Å²) in [5.41, 5.74) is 7.48. The number of halogens is 1. The molecule has 3 N–H and O–H groups in total. The molecule has 2 aromatic rings. The van der Waals surface area contributed by atoms with Crippen LogP contribution in [0.2, 0.25) is 0 Å². The van der Waals surface area contributed by atoms with Crippen LogP contribution < -0.4 is 5.73 Å². The molecule has 2 rings (SSSR count). The van der Waals surface area contributed by atoms with Crippen molar-refractivity contribution >= 4 is 26.8 Å². The van der Waals surface area contributed by atoms with Crippen molar-refractivity contribution in [1.82, 2.24) is 4.98 Å². The number of para-hydroxylation sites is 1. The van der Waals surface area contributed by atoms with Crippen molar-refractivity contribution in [1.29, 1.82) is 0 Å². The number of hydrogen-bond acceptors (Lipinski definition) is 3. The van der Waals surface area contributed by atoms with E-state index < -0.39 is 0 Å². The summed E-state index contributed by atoms with van der Waals surface area (Å²) in [6.45, 7) is -0.0683. The van der Waals surface area contributed by atoms with Crippen LogP contribution >= 0.6 is 15.9 Å². The van der Waals surface area contributed by atoms with Gasteiger partial charge in [-0.1, -0.05) is 12.1 Å². The van der Waals surface area contributed by atoms with Crippen molar-refractivity contribution in [2.45, 2.75) is 6.04 Å². The van der Waals surface area contributed by atoms with E-state index in [0.29, 0.717) is 0 Å². The maximum absolute atomic E-state index is 8.95. The molecule has 0 saturated heterocycles. The van der Waals surface area contributed by atoms with Gasteiger partial charge in [-0.25, -0.2) is 0 Å². The van der Waals surface area contributed by atoms with Crippen molar-refractivity contribution in [2.24, 2.45) is 5.73 Å². The standard InChI is InChI=1S/C11H11BrN2O/c12-9-3-1-2-7-4-8(10(13)6-15)5-14-11(7)9/h1-5,10,15H,6,13H2. The Morgan fingerprint density at radius 3 is 3.00 bits per heavy atom. The second-order valence-corrected chi connectivity index (χ2v) is 4.22. The third-order valence-electron chi connectivity index (χ3n) is 2.31. The molecular weight excluding hydrogens is 256 g/mol. The number of aliphatic hydroxyl groups excluding tert-OH is 1. The molecule has 4 heteroatoms. The summed E-state index contributed by atoms with van der Waals surface area (Å²) in [6.07, 6.45) is 1.70. The van der Waals surface area contributed by atoms with Crippen LogP contribution in [0.5, 0.6) is 0 Å². The number of aliphatic hydroxyl groups is 1. The summed E-state index contributed by atoms with van der Waals surface area (Å²) >= 11 is 3.43. The lowest BCUT2D eigenvalue weighted by atomic mass is 10.1. The van der Waals surface area contributed by atoms with Gasteiger partial charge >= 0.3 is 0 Å². The molecule has 15 heavy (non-hydrogen) atoms. The number of aromatic nitrogens is 1. The number of pyridine rings is 1. The first-order chi connectivity index (χ1) is 7.22. The van der Waals surface area contributed by atoms with E-state index in [1.165, 1.54) is 0 Å². The molecule has 0 aliphatic rings. The number of nitrogens with two attached hydrogens (primary N) is 1. The molecular formula is C11H11BrN2O. The fourth-order valence-corrected chi connectivity index (χ4v) is 1.93. The van der Waals surface area contributed by atoms with Crippen molar-refractivity contribution in [3.63, 3.8) is 0 Å². The molecule has 0 aliphatic heterocycles. The van der Waals surface area contributed by atoms with E-state index in [4.69, 9.17) is 10.8 Å². The van der Waals surface area contributed by atoms with Gasteiger partial charge in [-0.2, -0.15) is 0 Å². The third-order valence-corrected chi connectivity index (χ3v) is 2.95. The van der Waals surface area contributed by atoms with E-state index in [1.54, 1.807) is 6.20 Å². The molecule has 1 heterocycles. The second kappa shape index (κ2) is 4.26. The number of benzene rings is 1. The Hall–Kier alpha value is -0.970. The number of nitrogens with zero attached hydrogens (tertiary/aromatic N) is 1. The number of fused-ring (bicyclic) bond motifs is 1. The van der Waals surface area contributed by atoms with Crippen LogP contribution in [0.1, 0.15) is 11.6 Å². The van der Waals surface area contributed by atoms with Gasteiger partial charge in [-0.15, -0.1) is 0 Å². The highest BCUT2D eigenvalue weighted by atomic mass is 79.9. The zero-order valence-electron chi connectivity index (χ0n) is 8.02. The average molecular weight is 267 g/mol. The zero-order valence-corrected chi connectivity index (χ0v) is 9.61. The Balaban J connectivity index is 2.57. The van der Waals surface area contributed by atoms with E-state index >= 15 is 0 Å². The summed E-state index contributed by atoms with van der Waals surface area (Å²) in [7, 11) is 0. The lowest BCUT2D eigenvalue weighted by Crippen LogP contribution is -2.14.